The van der Waals surface area contributed by atoms with Crippen LogP contribution in [0.25, 0.3) is 16.2 Å². The lowest BCUT2D eigenvalue weighted by Gasteiger charge is -2.26. The Morgan fingerprint density at radius 2 is 2.15 bits per heavy atom. The third kappa shape index (κ3) is 2.20. The summed E-state index contributed by atoms with van der Waals surface area (Å²) in [6.45, 7) is 0.519. The number of likely N-dealkylation sites (N-methyl/N-ethyl adjacent to an activating group) is 1. The molecule has 3 aromatic rings. The molecule has 0 atom stereocenters. The number of anilines is 1. The smallest absolute Gasteiger partial charge is 0.264 e. The van der Waals surface area contributed by atoms with Crippen LogP contribution in [0.5, 0.6) is 5.75 Å². The fourth-order valence-electron chi connectivity index (χ4n) is 3.94. The summed E-state index contributed by atoms with van der Waals surface area (Å²) in [6, 6.07) is 5.89. The van der Waals surface area contributed by atoms with Gasteiger partial charge in [0.2, 0.25) is 0 Å². The predicted octanol–water partition coefficient (Wildman–Crippen LogP) is 2.76. The Morgan fingerprint density at radius 3 is 3.00 bits per heavy atom. The van der Waals surface area contributed by atoms with Crippen molar-refractivity contribution in [1.29, 1.82) is 0 Å². The second kappa shape index (κ2) is 5.82. The van der Waals surface area contributed by atoms with Gasteiger partial charge in [-0.05, 0) is 43.9 Å². The van der Waals surface area contributed by atoms with E-state index in [-0.39, 0.29) is 12.5 Å². The van der Waals surface area contributed by atoms with Gasteiger partial charge in [0.05, 0.1) is 17.1 Å². The number of aryl methyl sites for hydroxylation is 2. The van der Waals surface area contributed by atoms with E-state index in [0.29, 0.717) is 6.54 Å². The van der Waals surface area contributed by atoms with Crippen molar-refractivity contribution in [1.82, 2.24) is 9.38 Å². The SMILES string of the molecule is CN1C(=O)COc2ccc(-c3nc4sc5c(n4c3CN)CCCC5)cc21. The molecule has 6 nitrogen and oxygen atoms in total. The molecule has 7 heteroatoms. The van der Waals surface area contributed by atoms with Crippen LogP contribution >= 0.6 is 11.3 Å². The first-order valence-electron chi connectivity index (χ1n) is 8.93. The van der Waals surface area contributed by atoms with E-state index in [1.165, 1.54) is 23.4 Å². The van der Waals surface area contributed by atoms with E-state index in [4.69, 9.17) is 15.5 Å². The minimum Gasteiger partial charge on any atom is -0.482 e. The zero-order valence-corrected chi connectivity index (χ0v) is 15.4. The summed E-state index contributed by atoms with van der Waals surface area (Å²) in [5.41, 5.74) is 11.2. The first-order valence-corrected chi connectivity index (χ1v) is 9.74. The normalized spacial score (nSPS) is 16.5. The lowest BCUT2D eigenvalue weighted by molar-refractivity contribution is -0.120. The van der Waals surface area contributed by atoms with Crippen LogP contribution in [-0.2, 0) is 24.2 Å². The number of carbonyl (C=O) groups is 1. The molecule has 5 rings (SSSR count). The molecule has 0 saturated heterocycles. The molecule has 1 aliphatic heterocycles. The number of aromatic nitrogens is 2. The molecule has 0 saturated carbocycles. The van der Waals surface area contributed by atoms with Crippen LogP contribution in [0.1, 0.15) is 29.1 Å². The Balaban J connectivity index is 1.68. The summed E-state index contributed by atoms with van der Waals surface area (Å²) >= 11 is 1.78. The van der Waals surface area contributed by atoms with Gasteiger partial charge in [-0.3, -0.25) is 9.20 Å². The molecule has 1 amide bonds. The van der Waals surface area contributed by atoms with Gasteiger partial charge in [-0.1, -0.05) is 0 Å². The van der Waals surface area contributed by atoms with Crippen LogP contribution in [0.4, 0.5) is 5.69 Å². The third-order valence-electron chi connectivity index (χ3n) is 5.33. The number of amides is 1. The number of hydrogen-bond donors (Lipinski definition) is 1. The van der Waals surface area contributed by atoms with Crippen molar-refractivity contribution in [2.75, 3.05) is 18.6 Å². The van der Waals surface area contributed by atoms with E-state index in [0.717, 1.165) is 46.2 Å². The molecule has 26 heavy (non-hydrogen) atoms. The molecule has 1 aliphatic carbocycles. The maximum absolute atomic E-state index is 12.0. The van der Waals surface area contributed by atoms with Crippen molar-refractivity contribution in [2.24, 2.45) is 5.73 Å². The number of hydrogen-bond acceptors (Lipinski definition) is 5. The monoisotopic (exact) mass is 368 g/mol. The second-order valence-corrected chi connectivity index (χ2v) is 7.89. The Labute approximate surface area is 155 Å². The maximum Gasteiger partial charge on any atom is 0.264 e. The van der Waals surface area contributed by atoms with Gasteiger partial charge in [0.1, 0.15) is 5.75 Å². The van der Waals surface area contributed by atoms with Crippen molar-refractivity contribution in [3.63, 3.8) is 0 Å². The second-order valence-electron chi connectivity index (χ2n) is 6.83. The molecule has 134 valence electrons. The van der Waals surface area contributed by atoms with Crippen LogP contribution in [0.2, 0.25) is 0 Å². The molecule has 0 spiro atoms. The molecule has 2 N–H and O–H groups in total. The maximum atomic E-state index is 12.0. The topological polar surface area (TPSA) is 72.9 Å². The van der Waals surface area contributed by atoms with Crippen LogP contribution < -0.4 is 15.4 Å². The number of nitrogens with two attached hydrogens (primary N) is 1. The highest BCUT2D eigenvalue weighted by atomic mass is 32.1. The fourth-order valence-corrected chi connectivity index (χ4v) is 5.16. The van der Waals surface area contributed by atoms with Crippen molar-refractivity contribution < 1.29 is 9.53 Å². The highest BCUT2D eigenvalue weighted by Crippen LogP contribution is 2.38. The van der Waals surface area contributed by atoms with Crippen molar-refractivity contribution >= 4 is 27.9 Å². The first-order chi connectivity index (χ1) is 12.7. The third-order valence-corrected chi connectivity index (χ3v) is 6.47. The molecule has 2 aliphatic rings. The minimum atomic E-state index is -0.0476. The summed E-state index contributed by atoms with van der Waals surface area (Å²) in [6.07, 6.45) is 4.71. The Kier molecular flexibility index (Phi) is 3.55. The quantitative estimate of drug-likeness (QED) is 0.755. The minimum absolute atomic E-state index is 0.0476. The van der Waals surface area contributed by atoms with Gasteiger partial charge in [0, 0.05) is 29.7 Å². The summed E-state index contributed by atoms with van der Waals surface area (Å²) in [5.74, 6) is 0.678. The van der Waals surface area contributed by atoms with Gasteiger partial charge in [-0.2, -0.15) is 0 Å². The average Bonchev–Trinajstić information content (AvgIpc) is 3.20. The number of thiazole rings is 1. The fraction of sp³-hybridized carbons (Fsp3) is 0.368. The summed E-state index contributed by atoms with van der Waals surface area (Å²) < 4.78 is 7.80. The molecule has 0 radical (unpaired) electrons. The Hall–Kier alpha value is -2.38. The van der Waals surface area contributed by atoms with Crippen molar-refractivity contribution in [2.45, 2.75) is 32.2 Å². The lowest BCUT2D eigenvalue weighted by atomic mass is 10.0. The highest BCUT2D eigenvalue weighted by Gasteiger charge is 2.26. The molecule has 0 unspecified atom stereocenters. The van der Waals surface area contributed by atoms with Crippen LogP contribution in [0.15, 0.2) is 18.2 Å². The first kappa shape index (κ1) is 15.8. The van der Waals surface area contributed by atoms with E-state index in [9.17, 15) is 4.79 Å². The summed E-state index contributed by atoms with van der Waals surface area (Å²) in [5, 5.41) is 0. The zero-order chi connectivity index (χ0) is 17.8. The molecule has 0 fully saturated rings. The van der Waals surface area contributed by atoms with E-state index in [2.05, 4.69) is 4.40 Å². The van der Waals surface area contributed by atoms with Crippen LogP contribution in [0, 0.1) is 0 Å². The molecule has 1 aromatic carbocycles. The van der Waals surface area contributed by atoms with E-state index in [1.807, 2.05) is 18.2 Å². The van der Waals surface area contributed by atoms with Gasteiger partial charge in [-0.25, -0.2) is 4.98 Å². The van der Waals surface area contributed by atoms with E-state index >= 15 is 0 Å². The number of rotatable bonds is 2. The lowest BCUT2D eigenvalue weighted by Crippen LogP contribution is -2.35. The number of nitrogens with zero attached hydrogens (tertiary/aromatic N) is 3. The van der Waals surface area contributed by atoms with Gasteiger partial charge < -0.3 is 15.4 Å². The molecular weight excluding hydrogens is 348 g/mol. The van der Waals surface area contributed by atoms with Crippen LogP contribution in [-0.4, -0.2) is 28.9 Å². The molecule has 0 bridgehead atoms. The standard InChI is InChI=1S/C19H20N4O2S/c1-22-13-8-11(6-7-15(13)25-10-17(22)24)18-14(9-20)23-12-4-2-3-5-16(12)26-19(23)21-18/h6-8H,2-5,9-10,20H2,1H3. The number of imidazole rings is 1. The van der Waals surface area contributed by atoms with Gasteiger partial charge in [0.25, 0.3) is 5.91 Å². The molecule has 3 heterocycles. The summed E-state index contributed by atoms with van der Waals surface area (Å²) in [4.78, 5) is 21.0. The van der Waals surface area contributed by atoms with Crippen molar-refractivity contribution in [3.8, 4) is 17.0 Å². The van der Waals surface area contributed by atoms with Gasteiger partial charge in [-0.15, -0.1) is 11.3 Å². The Morgan fingerprint density at radius 1 is 1.31 bits per heavy atom. The largest absolute Gasteiger partial charge is 0.482 e. The highest BCUT2D eigenvalue weighted by molar-refractivity contribution is 7.17. The zero-order valence-electron chi connectivity index (χ0n) is 14.6. The molecule has 2 aromatic heterocycles. The number of ether oxygens (including phenoxy) is 1. The van der Waals surface area contributed by atoms with E-state index < -0.39 is 0 Å². The number of carbonyl (C=O) groups excluding carboxylic acids is 1. The van der Waals surface area contributed by atoms with Gasteiger partial charge >= 0.3 is 0 Å². The predicted molar refractivity (Wildman–Crippen MR) is 102 cm³/mol. The number of fused-ring (bicyclic) bond motifs is 4. The van der Waals surface area contributed by atoms with Gasteiger partial charge in [0.15, 0.2) is 11.6 Å². The average molecular weight is 368 g/mol. The van der Waals surface area contributed by atoms with Crippen LogP contribution in [0.3, 0.4) is 0 Å². The Bertz CT molecular complexity index is 1040. The molecular formula is C19H20N4O2S. The number of benzene rings is 1. The van der Waals surface area contributed by atoms with Crippen molar-refractivity contribution in [3.05, 3.63) is 34.5 Å². The van der Waals surface area contributed by atoms with E-state index in [1.54, 1.807) is 23.3 Å². The summed E-state index contributed by atoms with van der Waals surface area (Å²) in [7, 11) is 1.78.